The van der Waals surface area contributed by atoms with Crippen molar-refractivity contribution in [1.82, 2.24) is 0 Å². The van der Waals surface area contributed by atoms with Gasteiger partial charge >= 0.3 is 0 Å². The first-order valence-electron chi connectivity index (χ1n) is 9.62. The lowest BCUT2D eigenvalue weighted by molar-refractivity contribution is -0.117. The summed E-state index contributed by atoms with van der Waals surface area (Å²) in [6.45, 7) is 0.448. The van der Waals surface area contributed by atoms with Gasteiger partial charge in [-0.15, -0.1) is 0 Å². The number of benzene rings is 3. The third kappa shape index (κ3) is 4.37. The maximum Gasteiger partial charge on any atom is 0.248 e. The number of primary amides is 1. The average molecular weight is 432 g/mol. The second kappa shape index (κ2) is 8.50. The smallest absolute Gasteiger partial charge is 0.248 e. The Morgan fingerprint density at radius 3 is 2.68 bits per heavy atom. The number of carbonyl (C=O) groups excluding carboxylic acids is 2. The van der Waals surface area contributed by atoms with Crippen LogP contribution in [0.1, 0.15) is 33.8 Å². The molecule has 1 atom stereocenters. The number of nitriles is 1. The SMILES string of the molecule is N#Cc1ccc([C@H]2CC(=O)N(c3cccc(C(N)=O)c3)C2)cc1Oc1cccc(Cl)c1. The molecule has 1 heterocycles. The monoisotopic (exact) mass is 431 g/mol. The highest BCUT2D eigenvalue weighted by Crippen LogP contribution is 2.36. The number of ether oxygens (including phenoxy) is 1. The molecule has 3 aromatic rings. The van der Waals surface area contributed by atoms with E-state index in [0.717, 1.165) is 5.56 Å². The number of nitrogens with zero attached hydrogens (tertiary/aromatic N) is 2. The molecule has 3 aromatic carbocycles. The van der Waals surface area contributed by atoms with Crippen LogP contribution in [-0.4, -0.2) is 18.4 Å². The quantitative estimate of drug-likeness (QED) is 0.637. The summed E-state index contributed by atoms with van der Waals surface area (Å²) in [5.41, 5.74) is 7.62. The van der Waals surface area contributed by atoms with Crippen LogP contribution in [0.25, 0.3) is 0 Å². The first-order valence-corrected chi connectivity index (χ1v) is 10.00. The summed E-state index contributed by atoms with van der Waals surface area (Å²) in [5.74, 6) is 0.254. The van der Waals surface area contributed by atoms with Gasteiger partial charge in [0, 0.05) is 35.2 Å². The van der Waals surface area contributed by atoms with E-state index >= 15 is 0 Å². The van der Waals surface area contributed by atoms with Crippen molar-refractivity contribution < 1.29 is 14.3 Å². The molecule has 154 valence electrons. The highest BCUT2D eigenvalue weighted by molar-refractivity contribution is 6.30. The molecule has 0 aliphatic carbocycles. The Hall–Kier alpha value is -3.82. The van der Waals surface area contributed by atoms with E-state index in [1.165, 1.54) is 0 Å². The minimum atomic E-state index is -0.542. The molecule has 2 amide bonds. The standard InChI is InChI=1S/C24H18ClN3O3/c25-19-4-2-6-21(12-19)31-22-10-15(7-8-17(22)13-26)18-11-23(29)28(14-18)20-5-1-3-16(9-20)24(27)30/h1-10,12,18H,11,14H2,(H2,27,30)/t18-/m0/s1. The fourth-order valence-electron chi connectivity index (χ4n) is 3.63. The van der Waals surface area contributed by atoms with Crippen LogP contribution in [0.2, 0.25) is 5.02 Å². The summed E-state index contributed by atoms with van der Waals surface area (Å²) in [4.78, 5) is 25.8. The number of halogens is 1. The van der Waals surface area contributed by atoms with Gasteiger partial charge in [0.25, 0.3) is 0 Å². The summed E-state index contributed by atoms with van der Waals surface area (Å²) in [6.07, 6.45) is 0.309. The zero-order chi connectivity index (χ0) is 22.0. The van der Waals surface area contributed by atoms with Gasteiger partial charge in [-0.1, -0.05) is 29.8 Å². The van der Waals surface area contributed by atoms with Gasteiger partial charge in [-0.05, 0) is 54.1 Å². The van der Waals surface area contributed by atoms with Crippen molar-refractivity contribution in [2.75, 3.05) is 11.4 Å². The number of carbonyl (C=O) groups is 2. The molecule has 4 rings (SSSR count). The summed E-state index contributed by atoms with van der Waals surface area (Å²) >= 11 is 6.02. The average Bonchev–Trinajstić information content (AvgIpc) is 3.15. The molecule has 0 radical (unpaired) electrons. The van der Waals surface area contributed by atoms with Gasteiger partial charge in [0.1, 0.15) is 17.6 Å². The second-order valence-corrected chi connectivity index (χ2v) is 7.68. The summed E-state index contributed by atoms with van der Waals surface area (Å²) in [7, 11) is 0. The molecule has 0 aromatic heterocycles. The molecule has 7 heteroatoms. The minimum absolute atomic E-state index is 0.0479. The van der Waals surface area contributed by atoms with Crippen LogP contribution in [0.15, 0.2) is 66.7 Å². The summed E-state index contributed by atoms with van der Waals surface area (Å²) in [6, 6.07) is 21.1. The lowest BCUT2D eigenvalue weighted by Crippen LogP contribution is -2.24. The maximum atomic E-state index is 12.7. The largest absolute Gasteiger partial charge is 0.456 e. The first kappa shape index (κ1) is 20.5. The van der Waals surface area contributed by atoms with Gasteiger partial charge in [0.2, 0.25) is 11.8 Å². The van der Waals surface area contributed by atoms with Crippen LogP contribution in [0.3, 0.4) is 0 Å². The Kier molecular flexibility index (Phi) is 5.61. The molecule has 1 aliphatic rings. The Morgan fingerprint density at radius 2 is 1.94 bits per heavy atom. The van der Waals surface area contributed by atoms with Gasteiger partial charge in [-0.25, -0.2) is 0 Å². The second-order valence-electron chi connectivity index (χ2n) is 7.25. The number of amides is 2. The number of nitrogens with two attached hydrogens (primary N) is 1. The van der Waals surface area contributed by atoms with Crippen LogP contribution in [-0.2, 0) is 4.79 Å². The van der Waals surface area contributed by atoms with Crippen molar-refractivity contribution in [3.63, 3.8) is 0 Å². The molecule has 1 fully saturated rings. The Labute approximate surface area is 184 Å². The van der Waals surface area contributed by atoms with Gasteiger partial charge in [-0.3, -0.25) is 9.59 Å². The molecule has 0 spiro atoms. The van der Waals surface area contributed by atoms with Crippen LogP contribution in [0.4, 0.5) is 5.69 Å². The van der Waals surface area contributed by atoms with E-state index in [0.29, 0.717) is 46.3 Å². The molecule has 2 N–H and O–H groups in total. The van der Waals surface area contributed by atoms with Crippen LogP contribution in [0, 0.1) is 11.3 Å². The van der Waals surface area contributed by atoms with E-state index in [9.17, 15) is 14.9 Å². The van der Waals surface area contributed by atoms with E-state index in [1.807, 2.05) is 6.07 Å². The number of anilines is 1. The topological polar surface area (TPSA) is 96.4 Å². The van der Waals surface area contributed by atoms with Crippen molar-refractivity contribution in [2.24, 2.45) is 5.73 Å². The number of hydrogen-bond donors (Lipinski definition) is 1. The molecule has 0 saturated carbocycles. The Morgan fingerprint density at radius 1 is 1.13 bits per heavy atom. The molecule has 6 nitrogen and oxygen atoms in total. The molecule has 31 heavy (non-hydrogen) atoms. The summed E-state index contributed by atoms with van der Waals surface area (Å²) < 4.78 is 5.90. The molecule has 1 aliphatic heterocycles. The van der Waals surface area contributed by atoms with E-state index in [2.05, 4.69) is 6.07 Å². The van der Waals surface area contributed by atoms with Gasteiger partial charge < -0.3 is 15.4 Å². The minimum Gasteiger partial charge on any atom is -0.456 e. The lowest BCUT2D eigenvalue weighted by Gasteiger charge is -2.18. The lowest BCUT2D eigenvalue weighted by atomic mass is 9.96. The van der Waals surface area contributed by atoms with Crippen molar-refractivity contribution in [2.45, 2.75) is 12.3 Å². The zero-order valence-electron chi connectivity index (χ0n) is 16.4. The van der Waals surface area contributed by atoms with Crippen LogP contribution >= 0.6 is 11.6 Å². The predicted octanol–water partition coefficient (Wildman–Crippen LogP) is 4.62. The predicted molar refractivity (Wildman–Crippen MR) is 117 cm³/mol. The van der Waals surface area contributed by atoms with Gasteiger partial charge in [0.05, 0.1) is 5.56 Å². The normalized spacial score (nSPS) is 15.5. The van der Waals surface area contributed by atoms with Crippen molar-refractivity contribution >= 4 is 29.1 Å². The van der Waals surface area contributed by atoms with Gasteiger partial charge in [-0.2, -0.15) is 5.26 Å². The maximum absolute atomic E-state index is 12.7. The van der Waals surface area contributed by atoms with Gasteiger partial charge in [0.15, 0.2) is 0 Å². The Bertz CT molecular complexity index is 1220. The first-order chi connectivity index (χ1) is 14.9. The third-order valence-electron chi connectivity index (χ3n) is 5.19. The highest BCUT2D eigenvalue weighted by Gasteiger charge is 2.32. The van der Waals surface area contributed by atoms with E-state index in [1.54, 1.807) is 65.6 Å². The number of hydrogen-bond acceptors (Lipinski definition) is 4. The molecule has 0 bridgehead atoms. The van der Waals surface area contributed by atoms with E-state index in [-0.39, 0.29) is 11.8 Å². The van der Waals surface area contributed by atoms with Crippen molar-refractivity contribution in [3.05, 3.63) is 88.4 Å². The summed E-state index contributed by atoms with van der Waals surface area (Å²) in [5, 5.41) is 9.98. The highest BCUT2D eigenvalue weighted by atomic mass is 35.5. The number of rotatable bonds is 5. The Balaban J connectivity index is 1.60. The fourth-order valence-corrected chi connectivity index (χ4v) is 3.81. The van der Waals surface area contributed by atoms with Crippen molar-refractivity contribution in [3.8, 4) is 17.6 Å². The molecule has 1 saturated heterocycles. The van der Waals surface area contributed by atoms with Crippen LogP contribution < -0.4 is 15.4 Å². The molecule has 0 unspecified atom stereocenters. The molecular weight excluding hydrogens is 414 g/mol. The fraction of sp³-hybridized carbons (Fsp3) is 0.125. The van der Waals surface area contributed by atoms with E-state index < -0.39 is 5.91 Å². The van der Waals surface area contributed by atoms with E-state index in [4.69, 9.17) is 22.1 Å². The third-order valence-corrected chi connectivity index (χ3v) is 5.42. The molecular formula is C24H18ClN3O3. The zero-order valence-corrected chi connectivity index (χ0v) is 17.2. The van der Waals surface area contributed by atoms with Crippen molar-refractivity contribution in [1.29, 1.82) is 5.26 Å². The van der Waals surface area contributed by atoms with Crippen LogP contribution in [0.5, 0.6) is 11.5 Å².